The molecule has 1 aromatic heterocycles. The average Bonchev–Trinajstić information content (AvgIpc) is 2.20. The number of hydrogen-bond acceptors (Lipinski definition) is 2. The smallest absolute Gasteiger partial charge is 0.0707 e. The van der Waals surface area contributed by atoms with E-state index in [1.807, 2.05) is 31.2 Å². The van der Waals surface area contributed by atoms with Gasteiger partial charge in [0.15, 0.2) is 0 Å². The summed E-state index contributed by atoms with van der Waals surface area (Å²) in [5.74, 6) is 0. The van der Waals surface area contributed by atoms with Crippen molar-refractivity contribution in [2.24, 2.45) is 0 Å². The highest BCUT2D eigenvalue weighted by Crippen LogP contribution is 2.26. The molecule has 0 bridgehead atoms. The standard InChI is InChI=1S/C12H10Cl2N2/c1-7-11(15)2-3-12(16-7)8-4-9(13)6-10(14)5-8/h2-6H,15H2,1H3. The van der Waals surface area contributed by atoms with E-state index in [-0.39, 0.29) is 0 Å². The Balaban J connectivity index is 2.54. The lowest BCUT2D eigenvalue weighted by molar-refractivity contribution is 1.21. The van der Waals surface area contributed by atoms with E-state index in [0.29, 0.717) is 15.7 Å². The van der Waals surface area contributed by atoms with Gasteiger partial charge in [0.25, 0.3) is 0 Å². The van der Waals surface area contributed by atoms with Crippen molar-refractivity contribution in [2.45, 2.75) is 6.92 Å². The highest BCUT2D eigenvalue weighted by atomic mass is 35.5. The van der Waals surface area contributed by atoms with E-state index in [1.54, 1.807) is 6.07 Å². The van der Waals surface area contributed by atoms with E-state index in [2.05, 4.69) is 4.98 Å². The van der Waals surface area contributed by atoms with E-state index in [0.717, 1.165) is 17.0 Å². The molecule has 4 heteroatoms. The molecule has 0 unspecified atom stereocenters. The molecule has 0 aliphatic heterocycles. The summed E-state index contributed by atoms with van der Waals surface area (Å²) in [6.07, 6.45) is 0. The van der Waals surface area contributed by atoms with Gasteiger partial charge in [-0.3, -0.25) is 4.98 Å². The quantitative estimate of drug-likeness (QED) is 0.835. The predicted molar refractivity (Wildman–Crippen MR) is 68.8 cm³/mol. The molecule has 0 saturated carbocycles. The Morgan fingerprint density at radius 2 is 1.69 bits per heavy atom. The third-order valence-corrected chi connectivity index (χ3v) is 2.72. The van der Waals surface area contributed by atoms with Crippen LogP contribution in [0.1, 0.15) is 5.69 Å². The molecule has 0 aliphatic carbocycles. The van der Waals surface area contributed by atoms with Crippen LogP contribution in [0.2, 0.25) is 10.0 Å². The molecule has 0 fully saturated rings. The van der Waals surface area contributed by atoms with Crippen LogP contribution in [0.15, 0.2) is 30.3 Å². The monoisotopic (exact) mass is 252 g/mol. The Bertz CT molecular complexity index is 518. The van der Waals surface area contributed by atoms with Crippen molar-refractivity contribution in [2.75, 3.05) is 5.73 Å². The summed E-state index contributed by atoms with van der Waals surface area (Å²) in [5, 5.41) is 1.19. The summed E-state index contributed by atoms with van der Waals surface area (Å²) in [7, 11) is 0. The Labute approximate surface area is 104 Å². The number of rotatable bonds is 1. The van der Waals surface area contributed by atoms with Gasteiger partial charge in [-0.25, -0.2) is 0 Å². The Morgan fingerprint density at radius 1 is 1.06 bits per heavy atom. The number of benzene rings is 1. The Hall–Kier alpha value is -1.25. The molecule has 0 saturated heterocycles. The molecule has 0 atom stereocenters. The number of nitrogen functional groups attached to an aromatic ring is 1. The minimum Gasteiger partial charge on any atom is -0.397 e. The van der Waals surface area contributed by atoms with Gasteiger partial charge in [-0.05, 0) is 37.3 Å². The number of nitrogens with zero attached hydrogens (tertiary/aromatic N) is 1. The maximum absolute atomic E-state index is 5.93. The summed E-state index contributed by atoms with van der Waals surface area (Å²) < 4.78 is 0. The number of pyridine rings is 1. The lowest BCUT2D eigenvalue weighted by Crippen LogP contribution is -1.94. The molecule has 2 rings (SSSR count). The molecular weight excluding hydrogens is 243 g/mol. The highest BCUT2D eigenvalue weighted by molar-refractivity contribution is 6.35. The zero-order valence-corrected chi connectivity index (χ0v) is 10.2. The number of halogens is 2. The lowest BCUT2D eigenvalue weighted by Gasteiger charge is -2.05. The number of aromatic nitrogens is 1. The molecular formula is C12H10Cl2N2. The van der Waals surface area contributed by atoms with Crippen molar-refractivity contribution in [3.8, 4) is 11.3 Å². The summed E-state index contributed by atoms with van der Waals surface area (Å²) in [5.41, 5.74) is 8.89. The molecule has 0 radical (unpaired) electrons. The van der Waals surface area contributed by atoms with Crippen molar-refractivity contribution < 1.29 is 0 Å². The summed E-state index contributed by atoms with van der Waals surface area (Å²) in [4.78, 5) is 4.38. The molecule has 0 aliphatic rings. The zero-order valence-electron chi connectivity index (χ0n) is 8.67. The van der Waals surface area contributed by atoms with E-state index in [9.17, 15) is 0 Å². The first-order valence-electron chi connectivity index (χ1n) is 4.76. The van der Waals surface area contributed by atoms with Gasteiger partial charge in [-0.2, -0.15) is 0 Å². The van der Waals surface area contributed by atoms with Crippen molar-refractivity contribution in [3.05, 3.63) is 46.1 Å². The molecule has 16 heavy (non-hydrogen) atoms. The lowest BCUT2D eigenvalue weighted by atomic mass is 10.1. The Kier molecular flexibility index (Phi) is 3.03. The number of nitrogens with two attached hydrogens (primary N) is 1. The highest BCUT2D eigenvalue weighted by Gasteiger charge is 2.04. The second-order valence-electron chi connectivity index (χ2n) is 3.53. The van der Waals surface area contributed by atoms with E-state index in [4.69, 9.17) is 28.9 Å². The maximum Gasteiger partial charge on any atom is 0.0707 e. The first kappa shape index (κ1) is 11.2. The molecule has 2 N–H and O–H groups in total. The van der Waals surface area contributed by atoms with Gasteiger partial charge in [0.2, 0.25) is 0 Å². The van der Waals surface area contributed by atoms with Crippen molar-refractivity contribution in [3.63, 3.8) is 0 Å². The average molecular weight is 253 g/mol. The second kappa shape index (κ2) is 4.32. The van der Waals surface area contributed by atoms with E-state index >= 15 is 0 Å². The minimum absolute atomic E-state index is 0.596. The first-order chi connectivity index (χ1) is 7.56. The minimum atomic E-state index is 0.596. The fraction of sp³-hybridized carbons (Fsp3) is 0.0833. The molecule has 82 valence electrons. The van der Waals surface area contributed by atoms with Crippen molar-refractivity contribution in [1.29, 1.82) is 0 Å². The SMILES string of the molecule is Cc1nc(-c2cc(Cl)cc(Cl)c2)ccc1N. The molecule has 0 amide bonds. The Morgan fingerprint density at radius 3 is 2.25 bits per heavy atom. The van der Waals surface area contributed by atoms with Gasteiger partial charge in [0, 0.05) is 15.6 Å². The van der Waals surface area contributed by atoms with Gasteiger partial charge in [0.05, 0.1) is 17.1 Å². The van der Waals surface area contributed by atoms with Crippen LogP contribution in [-0.4, -0.2) is 4.98 Å². The number of hydrogen-bond donors (Lipinski definition) is 1. The van der Waals surface area contributed by atoms with Crippen LogP contribution in [-0.2, 0) is 0 Å². The van der Waals surface area contributed by atoms with Crippen LogP contribution in [0.4, 0.5) is 5.69 Å². The fourth-order valence-electron chi connectivity index (χ4n) is 1.43. The molecule has 2 nitrogen and oxygen atoms in total. The number of anilines is 1. The summed E-state index contributed by atoms with van der Waals surface area (Å²) in [6, 6.07) is 9.02. The molecule has 2 aromatic rings. The fourth-order valence-corrected chi connectivity index (χ4v) is 1.96. The van der Waals surface area contributed by atoms with Crippen LogP contribution >= 0.6 is 23.2 Å². The molecule has 0 spiro atoms. The first-order valence-corrected chi connectivity index (χ1v) is 5.51. The normalized spacial score (nSPS) is 10.4. The van der Waals surface area contributed by atoms with Gasteiger partial charge in [0.1, 0.15) is 0 Å². The number of aryl methyl sites for hydroxylation is 1. The largest absolute Gasteiger partial charge is 0.397 e. The maximum atomic E-state index is 5.93. The van der Waals surface area contributed by atoms with Crippen molar-refractivity contribution in [1.82, 2.24) is 4.98 Å². The zero-order chi connectivity index (χ0) is 11.7. The van der Waals surface area contributed by atoms with Crippen LogP contribution in [0.3, 0.4) is 0 Å². The third-order valence-electron chi connectivity index (χ3n) is 2.29. The van der Waals surface area contributed by atoms with Crippen LogP contribution in [0.25, 0.3) is 11.3 Å². The van der Waals surface area contributed by atoms with Gasteiger partial charge in [-0.15, -0.1) is 0 Å². The van der Waals surface area contributed by atoms with Crippen LogP contribution in [0.5, 0.6) is 0 Å². The summed E-state index contributed by atoms with van der Waals surface area (Å²) >= 11 is 11.9. The topological polar surface area (TPSA) is 38.9 Å². The van der Waals surface area contributed by atoms with Gasteiger partial charge in [-0.1, -0.05) is 23.2 Å². The van der Waals surface area contributed by atoms with Gasteiger partial charge < -0.3 is 5.73 Å². The predicted octanol–water partition coefficient (Wildman–Crippen LogP) is 3.95. The second-order valence-corrected chi connectivity index (χ2v) is 4.40. The van der Waals surface area contributed by atoms with E-state index < -0.39 is 0 Å². The molecule has 1 aromatic carbocycles. The van der Waals surface area contributed by atoms with Crippen LogP contribution in [0, 0.1) is 6.92 Å². The van der Waals surface area contributed by atoms with Crippen molar-refractivity contribution >= 4 is 28.9 Å². The van der Waals surface area contributed by atoms with Crippen LogP contribution < -0.4 is 5.73 Å². The van der Waals surface area contributed by atoms with Gasteiger partial charge >= 0.3 is 0 Å². The third kappa shape index (κ3) is 2.29. The molecule has 1 heterocycles. The van der Waals surface area contributed by atoms with E-state index in [1.165, 1.54) is 0 Å². The summed E-state index contributed by atoms with van der Waals surface area (Å²) in [6.45, 7) is 1.87.